The number of hydrogen-bond acceptors (Lipinski definition) is 4. The number of hydrogen-bond donors (Lipinski definition) is 2. The van der Waals surface area contributed by atoms with Crippen molar-refractivity contribution in [3.05, 3.63) is 41.2 Å². The molecule has 2 heterocycles. The Morgan fingerprint density at radius 3 is 2.74 bits per heavy atom. The van der Waals surface area contributed by atoms with E-state index in [2.05, 4.69) is 59.1 Å². The molecule has 2 N–H and O–H groups in total. The highest BCUT2D eigenvalue weighted by molar-refractivity contribution is 5.80. The van der Waals surface area contributed by atoms with Gasteiger partial charge in [-0.3, -0.25) is 9.48 Å². The molecule has 0 aliphatic rings. The normalized spacial score (nSPS) is 12.7. The summed E-state index contributed by atoms with van der Waals surface area (Å²) >= 11 is 0. The number of carbonyl (C=O) groups excluding carboxylic acids is 1. The van der Waals surface area contributed by atoms with E-state index in [1.54, 1.807) is 4.68 Å². The minimum absolute atomic E-state index is 0.00277. The third kappa shape index (κ3) is 4.35. The number of aryl methyl sites for hydroxylation is 4. The number of imidazole rings is 1. The van der Waals surface area contributed by atoms with Gasteiger partial charge >= 0.3 is 0 Å². The molecule has 0 fully saturated rings. The molecule has 0 aliphatic heterocycles. The quantitative estimate of drug-likeness (QED) is 0.670. The first-order valence-corrected chi connectivity index (χ1v) is 9.43. The lowest BCUT2D eigenvalue weighted by Gasteiger charge is -2.19. The molecule has 0 bridgehead atoms. The zero-order valence-corrected chi connectivity index (χ0v) is 16.7. The number of nitrogens with zero attached hydrogens (tertiary/aromatic N) is 4. The lowest BCUT2D eigenvalue weighted by atomic mass is 10.0. The second kappa shape index (κ2) is 7.90. The van der Waals surface area contributed by atoms with Crippen molar-refractivity contribution in [2.45, 2.75) is 53.0 Å². The molecule has 1 aromatic carbocycles. The molecule has 2 aromatic heterocycles. The molecule has 144 valence electrons. The van der Waals surface area contributed by atoms with Gasteiger partial charge in [-0.15, -0.1) is 0 Å². The molecule has 0 saturated carbocycles. The number of benzene rings is 1. The van der Waals surface area contributed by atoms with Gasteiger partial charge in [0.25, 0.3) is 0 Å². The minimum Gasteiger partial charge on any atom is -0.346 e. The van der Waals surface area contributed by atoms with Crippen LogP contribution in [0.5, 0.6) is 0 Å². The standard InChI is InChI=1S/C20H28N6O/c1-12(2)10-16(20-21-11-22-26(20)5)24-18(27)9-8-17-23-15-7-6-13(3)14(4)19(15)25-17/h6-7,11-12,16H,8-10H2,1-5H3,(H,23,25)(H,24,27). The number of nitrogens with one attached hydrogen (secondary N) is 2. The Morgan fingerprint density at radius 1 is 1.30 bits per heavy atom. The largest absolute Gasteiger partial charge is 0.346 e. The lowest BCUT2D eigenvalue weighted by Crippen LogP contribution is -2.31. The van der Waals surface area contributed by atoms with E-state index in [0.717, 1.165) is 29.1 Å². The lowest BCUT2D eigenvalue weighted by molar-refractivity contribution is -0.122. The van der Waals surface area contributed by atoms with Crippen molar-refractivity contribution in [3.63, 3.8) is 0 Å². The Labute approximate surface area is 159 Å². The molecule has 1 amide bonds. The monoisotopic (exact) mass is 368 g/mol. The molecule has 7 heteroatoms. The molecule has 27 heavy (non-hydrogen) atoms. The summed E-state index contributed by atoms with van der Waals surface area (Å²) in [6.07, 6.45) is 3.30. The van der Waals surface area contributed by atoms with Gasteiger partial charge in [0.2, 0.25) is 5.91 Å². The van der Waals surface area contributed by atoms with Gasteiger partial charge in [0.1, 0.15) is 18.0 Å². The van der Waals surface area contributed by atoms with Gasteiger partial charge in [0.15, 0.2) is 0 Å². The molecule has 3 aromatic rings. The fourth-order valence-corrected chi connectivity index (χ4v) is 3.30. The molecule has 1 unspecified atom stereocenters. The molecular weight excluding hydrogens is 340 g/mol. The number of aromatic amines is 1. The molecule has 0 aliphatic carbocycles. The van der Waals surface area contributed by atoms with Crippen LogP contribution in [0.25, 0.3) is 11.0 Å². The van der Waals surface area contributed by atoms with Gasteiger partial charge in [-0.05, 0) is 43.4 Å². The highest BCUT2D eigenvalue weighted by atomic mass is 16.1. The van der Waals surface area contributed by atoms with Crippen LogP contribution >= 0.6 is 0 Å². The van der Waals surface area contributed by atoms with Crippen molar-refractivity contribution in [3.8, 4) is 0 Å². The van der Waals surface area contributed by atoms with Crippen LogP contribution in [0.2, 0.25) is 0 Å². The van der Waals surface area contributed by atoms with Crippen molar-refractivity contribution in [1.82, 2.24) is 30.0 Å². The average Bonchev–Trinajstić information content (AvgIpc) is 3.22. The predicted molar refractivity (Wildman–Crippen MR) is 105 cm³/mol. The highest BCUT2D eigenvalue weighted by Crippen LogP contribution is 2.21. The van der Waals surface area contributed by atoms with Crippen LogP contribution in [0.1, 0.15) is 55.5 Å². The van der Waals surface area contributed by atoms with Crippen molar-refractivity contribution >= 4 is 16.9 Å². The average molecular weight is 368 g/mol. The summed E-state index contributed by atoms with van der Waals surface area (Å²) in [6.45, 7) is 8.42. The maximum atomic E-state index is 12.5. The van der Waals surface area contributed by atoms with Crippen molar-refractivity contribution in [2.24, 2.45) is 13.0 Å². The number of aromatic nitrogens is 5. The maximum Gasteiger partial charge on any atom is 0.221 e. The maximum absolute atomic E-state index is 12.5. The topological polar surface area (TPSA) is 88.5 Å². The van der Waals surface area contributed by atoms with Gasteiger partial charge in [-0.1, -0.05) is 19.9 Å². The van der Waals surface area contributed by atoms with Crippen LogP contribution in [0.3, 0.4) is 0 Å². The number of carbonyl (C=O) groups is 1. The van der Waals surface area contributed by atoms with E-state index < -0.39 is 0 Å². The fourth-order valence-electron chi connectivity index (χ4n) is 3.30. The van der Waals surface area contributed by atoms with Crippen LogP contribution in [-0.2, 0) is 18.3 Å². The number of H-pyrrole nitrogens is 1. The summed E-state index contributed by atoms with van der Waals surface area (Å²) in [5.41, 5.74) is 4.41. The summed E-state index contributed by atoms with van der Waals surface area (Å²) < 4.78 is 1.72. The molecular formula is C20H28N6O. The second-order valence-corrected chi connectivity index (χ2v) is 7.58. The first-order valence-electron chi connectivity index (χ1n) is 9.43. The van der Waals surface area contributed by atoms with Crippen LogP contribution in [0, 0.1) is 19.8 Å². The molecule has 0 saturated heterocycles. The minimum atomic E-state index is -0.134. The first kappa shape index (κ1) is 19.1. The van der Waals surface area contributed by atoms with Gasteiger partial charge in [-0.25, -0.2) is 9.97 Å². The summed E-state index contributed by atoms with van der Waals surface area (Å²) in [5.74, 6) is 2.06. The smallest absolute Gasteiger partial charge is 0.221 e. The van der Waals surface area contributed by atoms with Gasteiger partial charge in [0.05, 0.1) is 17.1 Å². The molecule has 7 nitrogen and oxygen atoms in total. The van der Waals surface area contributed by atoms with Crippen LogP contribution in [0.15, 0.2) is 18.5 Å². The van der Waals surface area contributed by atoms with Crippen LogP contribution in [-0.4, -0.2) is 30.6 Å². The van der Waals surface area contributed by atoms with Crippen molar-refractivity contribution < 1.29 is 4.79 Å². The van der Waals surface area contributed by atoms with Gasteiger partial charge in [-0.2, -0.15) is 5.10 Å². The molecule has 1 atom stereocenters. The second-order valence-electron chi connectivity index (χ2n) is 7.58. The Kier molecular flexibility index (Phi) is 5.58. The van der Waals surface area contributed by atoms with Crippen LogP contribution in [0.4, 0.5) is 0 Å². The number of fused-ring (bicyclic) bond motifs is 1. The summed E-state index contributed by atoms with van der Waals surface area (Å²) in [5, 5.41) is 7.24. The molecule has 3 rings (SSSR count). The highest BCUT2D eigenvalue weighted by Gasteiger charge is 2.20. The fraction of sp³-hybridized carbons (Fsp3) is 0.500. The predicted octanol–water partition coefficient (Wildman–Crippen LogP) is 3.14. The number of rotatable bonds is 7. The Bertz CT molecular complexity index is 939. The van der Waals surface area contributed by atoms with Gasteiger partial charge < -0.3 is 10.3 Å². The summed E-state index contributed by atoms with van der Waals surface area (Å²) in [6, 6.07) is 4.00. The Hall–Kier alpha value is -2.70. The molecule has 0 radical (unpaired) electrons. The van der Waals surface area contributed by atoms with E-state index in [4.69, 9.17) is 0 Å². The van der Waals surface area contributed by atoms with E-state index in [1.807, 2.05) is 13.1 Å². The summed E-state index contributed by atoms with van der Waals surface area (Å²) in [7, 11) is 1.85. The van der Waals surface area contributed by atoms with Crippen molar-refractivity contribution in [1.29, 1.82) is 0 Å². The van der Waals surface area contributed by atoms with E-state index in [1.165, 1.54) is 17.5 Å². The van der Waals surface area contributed by atoms with E-state index in [9.17, 15) is 4.79 Å². The molecule has 0 spiro atoms. The van der Waals surface area contributed by atoms with E-state index >= 15 is 0 Å². The van der Waals surface area contributed by atoms with E-state index in [0.29, 0.717) is 18.8 Å². The van der Waals surface area contributed by atoms with Crippen LogP contribution < -0.4 is 5.32 Å². The van der Waals surface area contributed by atoms with Crippen molar-refractivity contribution in [2.75, 3.05) is 0 Å². The van der Waals surface area contributed by atoms with E-state index in [-0.39, 0.29) is 11.9 Å². The SMILES string of the molecule is Cc1ccc2[nH]c(CCC(=O)NC(CC(C)C)c3ncnn3C)nc2c1C. The summed E-state index contributed by atoms with van der Waals surface area (Å²) in [4.78, 5) is 24.8. The first-order chi connectivity index (χ1) is 12.8. The third-order valence-corrected chi connectivity index (χ3v) is 4.92. The Morgan fingerprint density at radius 2 is 2.07 bits per heavy atom. The third-order valence-electron chi connectivity index (χ3n) is 4.92. The Balaban J connectivity index is 1.66. The van der Waals surface area contributed by atoms with Gasteiger partial charge in [0, 0.05) is 19.9 Å². The number of amides is 1. The zero-order valence-electron chi connectivity index (χ0n) is 16.7. The zero-order chi connectivity index (χ0) is 19.6.